The highest BCUT2D eigenvalue weighted by Crippen LogP contribution is 2.29. The minimum absolute atomic E-state index is 0.758. The van der Waals surface area contributed by atoms with Crippen molar-refractivity contribution in [3.63, 3.8) is 0 Å². The molecular weight excluding hydrogens is 310 g/mol. The molecule has 1 fully saturated rings. The van der Waals surface area contributed by atoms with Crippen molar-refractivity contribution in [1.29, 1.82) is 0 Å². The summed E-state index contributed by atoms with van der Waals surface area (Å²) in [7, 11) is 0. The summed E-state index contributed by atoms with van der Waals surface area (Å²) in [4.78, 5) is 11.5. The van der Waals surface area contributed by atoms with Crippen LogP contribution in [-0.2, 0) is 13.0 Å². The Kier molecular flexibility index (Phi) is 4.38. The van der Waals surface area contributed by atoms with Gasteiger partial charge in [0.05, 0.1) is 5.69 Å². The average molecular weight is 335 g/mol. The molecule has 3 heterocycles. The van der Waals surface area contributed by atoms with Crippen LogP contribution in [0.2, 0.25) is 0 Å². The van der Waals surface area contributed by atoms with Crippen molar-refractivity contribution in [2.75, 3.05) is 18.0 Å². The van der Waals surface area contributed by atoms with Gasteiger partial charge in [-0.3, -0.25) is 4.68 Å². The molecule has 5 nitrogen and oxygen atoms in total. The molecule has 1 aliphatic rings. The minimum atomic E-state index is 0.758. The fourth-order valence-electron chi connectivity index (χ4n) is 3.91. The highest BCUT2D eigenvalue weighted by molar-refractivity contribution is 5.87. The molecule has 130 valence electrons. The molecule has 0 unspecified atom stereocenters. The van der Waals surface area contributed by atoms with Crippen LogP contribution in [0.25, 0.3) is 11.0 Å². The summed E-state index contributed by atoms with van der Waals surface area (Å²) in [5, 5.41) is 4.62. The molecule has 0 saturated carbocycles. The Morgan fingerprint density at radius 1 is 1.08 bits per heavy atom. The molecule has 4 rings (SSSR count). The van der Waals surface area contributed by atoms with Crippen LogP contribution < -0.4 is 4.90 Å². The number of fused-ring (bicyclic) bond motifs is 1. The first-order valence-electron chi connectivity index (χ1n) is 9.23. The molecule has 2 aromatic heterocycles. The Labute approximate surface area is 148 Å². The largest absolute Gasteiger partial charge is 0.355 e. The summed E-state index contributed by atoms with van der Waals surface area (Å²) in [6.07, 6.45) is 5.28. The van der Waals surface area contributed by atoms with Gasteiger partial charge in [-0.25, -0.2) is 9.97 Å². The summed E-state index contributed by atoms with van der Waals surface area (Å²) in [5.74, 6) is 1.81. The summed E-state index contributed by atoms with van der Waals surface area (Å²) in [5.41, 5.74) is 4.51. The molecule has 0 spiro atoms. The Hall–Kier alpha value is -2.43. The number of anilines is 1. The lowest BCUT2D eigenvalue weighted by atomic mass is 9.90. The topological polar surface area (TPSA) is 46.8 Å². The molecule has 25 heavy (non-hydrogen) atoms. The van der Waals surface area contributed by atoms with Crippen LogP contribution in [0.1, 0.15) is 31.0 Å². The molecule has 1 saturated heterocycles. The molecule has 0 amide bonds. The molecule has 0 atom stereocenters. The van der Waals surface area contributed by atoms with E-state index in [1.54, 1.807) is 6.33 Å². The SMILES string of the molecule is CCn1nc(C)c2ncnc(N3CCC(Cc4ccccc4)CC3)c21. The van der Waals surface area contributed by atoms with Crippen LogP contribution >= 0.6 is 0 Å². The molecule has 0 radical (unpaired) electrons. The van der Waals surface area contributed by atoms with Gasteiger partial charge in [-0.1, -0.05) is 30.3 Å². The number of nitrogens with zero attached hydrogens (tertiary/aromatic N) is 5. The second-order valence-electron chi connectivity index (χ2n) is 6.92. The predicted octanol–water partition coefficient (Wildman–Crippen LogP) is 3.61. The van der Waals surface area contributed by atoms with E-state index in [2.05, 4.69) is 57.2 Å². The van der Waals surface area contributed by atoms with Crippen molar-refractivity contribution < 1.29 is 0 Å². The zero-order valence-electron chi connectivity index (χ0n) is 15.0. The van der Waals surface area contributed by atoms with Crippen LogP contribution in [-0.4, -0.2) is 32.8 Å². The van der Waals surface area contributed by atoms with Crippen LogP contribution in [0.15, 0.2) is 36.7 Å². The van der Waals surface area contributed by atoms with Crippen LogP contribution in [0.3, 0.4) is 0 Å². The highest BCUT2D eigenvalue weighted by atomic mass is 15.3. The fourth-order valence-corrected chi connectivity index (χ4v) is 3.91. The summed E-state index contributed by atoms with van der Waals surface area (Å²) in [6, 6.07) is 10.8. The normalized spacial score (nSPS) is 15.8. The fraction of sp³-hybridized carbons (Fsp3) is 0.450. The smallest absolute Gasteiger partial charge is 0.158 e. The number of hydrogen-bond donors (Lipinski definition) is 0. The molecule has 5 heteroatoms. The number of rotatable bonds is 4. The second kappa shape index (κ2) is 6.82. The van der Waals surface area contributed by atoms with Gasteiger partial charge in [0, 0.05) is 19.6 Å². The standard InChI is InChI=1S/C20H25N5/c1-3-25-19-18(15(2)23-25)21-14-22-20(19)24-11-9-17(10-12-24)13-16-7-5-4-6-8-16/h4-8,14,17H,3,9-13H2,1-2H3. The minimum Gasteiger partial charge on any atom is -0.355 e. The van der Waals surface area contributed by atoms with Crippen molar-refractivity contribution in [1.82, 2.24) is 19.7 Å². The van der Waals surface area contributed by atoms with Crippen molar-refractivity contribution >= 4 is 16.9 Å². The zero-order valence-corrected chi connectivity index (χ0v) is 15.0. The Balaban J connectivity index is 1.52. The lowest BCUT2D eigenvalue weighted by Gasteiger charge is -2.33. The number of hydrogen-bond acceptors (Lipinski definition) is 4. The second-order valence-corrected chi connectivity index (χ2v) is 6.92. The van der Waals surface area contributed by atoms with Gasteiger partial charge in [0.1, 0.15) is 17.4 Å². The van der Waals surface area contributed by atoms with Gasteiger partial charge in [-0.05, 0) is 44.6 Å². The van der Waals surface area contributed by atoms with Crippen molar-refractivity contribution in [2.45, 2.75) is 39.7 Å². The molecule has 1 aliphatic heterocycles. The van der Waals surface area contributed by atoms with Gasteiger partial charge in [-0.2, -0.15) is 5.10 Å². The van der Waals surface area contributed by atoms with E-state index in [9.17, 15) is 0 Å². The number of aryl methyl sites for hydroxylation is 2. The van der Waals surface area contributed by atoms with Crippen LogP contribution in [0.4, 0.5) is 5.82 Å². The number of piperidine rings is 1. The molecule has 1 aromatic carbocycles. The molecule has 3 aromatic rings. The van der Waals surface area contributed by atoms with Gasteiger partial charge in [0.25, 0.3) is 0 Å². The Morgan fingerprint density at radius 3 is 2.56 bits per heavy atom. The summed E-state index contributed by atoms with van der Waals surface area (Å²) >= 11 is 0. The summed E-state index contributed by atoms with van der Waals surface area (Å²) in [6.45, 7) is 7.09. The number of benzene rings is 1. The highest BCUT2D eigenvalue weighted by Gasteiger charge is 2.24. The lowest BCUT2D eigenvalue weighted by Crippen LogP contribution is -2.35. The van der Waals surface area contributed by atoms with E-state index >= 15 is 0 Å². The van der Waals surface area contributed by atoms with E-state index in [0.717, 1.165) is 48.1 Å². The average Bonchev–Trinajstić information content (AvgIpc) is 3.00. The third kappa shape index (κ3) is 3.11. The van der Waals surface area contributed by atoms with Crippen molar-refractivity contribution in [2.24, 2.45) is 5.92 Å². The van der Waals surface area contributed by atoms with E-state index in [4.69, 9.17) is 0 Å². The summed E-state index contributed by atoms with van der Waals surface area (Å²) < 4.78 is 2.04. The first-order chi connectivity index (χ1) is 12.3. The Bertz CT molecular complexity index is 847. The maximum atomic E-state index is 4.62. The van der Waals surface area contributed by atoms with Crippen molar-refractivity contribution in [3.05, 3.63) is 47.9 Å². The zero-order chi connectivity index (χ0) is 17.2. The Morgan fingerprint density at radius 2 is 1.84 bits per heavy atom. The molecule has 0 N–H and O–H groups in total. The first kappa shape index (κ1) is 16.1. The van der Waals surface area contributed by atoms with Crippen molar-refractivity contribution in [3.8, 4) is 0 Å². The third-order valence-corrected chi connectivity index (χ3v) is 5.26. The van der Waals surface area contributed by atoms with E-state index in [1.807, 2.05) is 11.6 Å². The number of aromatic nitrogens is 4. The molecular formula is C20H25N5. The predicted molar refractivity (Wildman–Crippen MR) is 101 cm³/mol. The van der Waals surface area contributed by atoms with E-state index < -0.39 is 0 Å². The maximum absolute atomic E-state index is 4.62. The quantitative estimate of drug-likeness (QED) is 0.731. The van der Waals surface area contributed by atoms with Gasteiger partial charge >= 0.3 is 0 Å². The maximum Gasteiger partial charge on any atom is 0.158 e. The molecule has 0 aliphatic carbocycles. The van der Waals surface area contributed by atoms with Gasteiger partial charge in [0.15, 0.2) is 5.82 Å². The monoisotopic (exact) mass is 335 g/mol. The van der Waals surface area contributed by atoms with Gasteiger partial charge < -0.3 is 4.90 Å². The van der Waals surface area contributed by atoms with Crippen LogP contribution in [0, 0.1) is 12.8 Å². The lowest BCUT2D eigenvalue weighted by molar-refractivity contribution is 0.402. The molecule has 0 bridgehead atoms. The van der Waals surface area contributed by atoms with E-state index in [-0.39, 0.29) is 0 Å². The van der Waals surface area contributed by atoms with Crippen LogP contribution in [0.5, 0.6) is 0 Å². The van der Waals surface area contributed by atoms with E-state index in [0.29, 0.717) is 0 Å². The first-order valence-corrected chi connectivity index (χ1v) is 9.23. The van der Waals surface area contributed by atoms with Gasteiger partial charge in [0.2, 0.25) is 0 Å². The van der Waals surface area contributed by atoms with Gasteiger partial charge in [-0.15, -0.1) is 0 Å². The third-order valence-electron chi connectivity index (χ3n) is 5.26. The van der Waals surface area contributed by atoms with E-state index in [1.165, 1.54) is 24.8 Å².